The second-order valence-electron chi connectivity index (χ2n) is 6.49. The average molecular weight is 480 g/mol. The summed E-state index contributed by atoms with van der Waals surface area (Å²) in [7, 11) is 3.26. The number of pyridine rings is 1. The zero-order valence-corrected chi connectivity index (χ0v) is 17.6. The summed E-state index contributed by atoms with van der Waals surface area (Å²) in [5, 5.41) is 2.95. The van der Waals surface area contributed by atoms with Crippen LogP contribution in [0.25, 0.3) is 22.8 Å². The summed E-state index contributed by atoms with van der Waals surface area (Å²) in [4.78, 5) is 26.6. The first-order chi connectivity index (χ1) is 14.2. The first-order valence-corrected chi connectivity index (χ1v) is 9.56. The van der Waals surface area contributed by atoms with Crippen molar-refractivity contribution >= 4 is 27.7 Å². The van der Waals surface area contributed by atoms with Gasteiger partial charge in [0.2, 0.25) is 5.91 Å². The van der Waals surface area contributed by atoms with Crippen LogP contribution >= 0.6 is 15.9 Å². The normalized spacial score (nSPS) is 11.3. The maximum atomic E-state index is 12.9. The van der Waals surface area contributed by atoms with Crippen LogP contribution in [-0.2, 0) is 11.0 Å². The molecule has 6 nitrogen and oxygen atoms in total. The Kier molecular flexibility index (Phi) is 6.35. The van der Waals surface area contributed by atoms with Crippen molar-refractivity contribution in [3.8, 4) is 22.8 Å². The highest BCUT2D eigenvalue weighted by Gasteiger charge is 2.30. The molecule has 3 aromatic rings. The van der Waals surface area contributed by atoms with E-state index in [0.717, 1.165) is 12.1 Å². The number of benzene rings is 1. The van der Waals surface area contributed by atoms with E-state index in [1.807, 2.05) is 0 Å². The molecule has 3 rings (SSSR count). The first kappa shape index (κ1) is 21.7. The Bertz CT molecular complexity index is 1040. The molecule has 0 radical (unpaired) electrons. The van der Waals surface area contributed by atoms with Crippen LogP contribution in [0.2, 0.25) is 0 Å². The van der Waals surface area contributed by atoms with E-state index < -0.39 is 11.7 Å². The van der Waals surface area contributed by atoms with Gasteiger partial charge < -0.3 is 10.2 Å². The summed E-state index contributed by atoms with van der Waals surface area (Å²) < 4.78 is 39.1. The number of anilines is 1. The average Bonchev–Trinajstić information content (AvgIpc) is 2.72. The predicted octanol–water partition coefficient (Wildman–Crippen LogP) is 4.49. The van der Waals surface area contributed by atoms with Crippen LogP contribution in [0.1, 0.15) is 5.56 Å². The van der Waals surface area contributed by atoms with E-state index in [0.29, 0.717) is 27.2 Å². The fourth-order valence-corrected chi connectivity index (χ4v) is 3.01. The molecule has 0 aliphatic heterocycles. The molecule has 1 aromatic carbocycles. The second kappa shape index (κ2) is 8.78. The fourth-order valence-electron chi connectivity index (χ4n) is 2.49. The van der Waals surface area contributed by atoms with Crippen molar-refractivity contribution in [3.05, 3.63) is 58.7 Å². The van der Waals surface area contributed by atoms with Gasteiger partial charge in [-0.2, -0.15) is 13.2 Å². The molecule has 10 heteroatoms. The lowest BCUT2D eigenvalue weighted by Gasteiger charge is -2.15. The van der Waals surface area contributed by atoms with Gasteiger partial charge in [0.15, 0.2) is 5.82 Å². The molecule has 0 unspecified atom stereocenters. The Morgan fingerprint density at radius 3 is 2.37 bits per heavy atom. The first-order valence-electron chi connectivity index (χ1n) is 8.77. The van der Waals surface area contributed by atoms with Crippen LogP contribution in [0.15, 0.2) is 53.1 Å². The van der Waals surface area contributed by atoms with Crippen LogP contribution in [0.4, 0.5) is 19.0 Å². The molecule has 30 heavy (non-hydrogen) atoms. The highest BCUT2D eigenvalue weighted by molar-refractivity contribution is 9.10. The fraction of sp³-hybridized carbons (Fsp3) is 0.200. The Morgan fingerprint density at radius 1 is 1.10 bits per heavy atom. The smallest absolute Gasteiger partial charge is 0.360 e. The molecule has 1 N–H and O–H groups in total. The summed E-state index contributed by atoms with van der Waals surface area (Å²) in [6.45, 7) is -0.0171. The largest absolute Gasteiger partial charge is 0.416 e. The number of amides is 1. The number of nitrogens with zero attached hydrogens (tertiary/aromatic N) is 4. The molecule has 0 saturated carbocycles. The number of carbonyl (C=O) groups is 1. The van der Waals surface area contributed by atoms with Gasteiger partial charge in [-0.15, -0.1) is 0 Å². The maximum absolute atomic E-state index is 12.9. The minimum Gasteiger partial charge on any atom is -0.360 e. The van der Waals surface area contributed by atoms with Crippen molar-refractivity contribution in [3.63, 3.8) is 0 Å². The summed E-state index contributed by atoms with van der Waals surface area (Å²) >= 11 is 3.45. The number of hydrogen-bond acceptors (Lipinski definition) is 5. The molecular weight excluding hydrogens is 463 g/mol. The molecule has 0 saturated heterocycles. The summed E-state index contributed by atoms with van der Waals surface area (Å²) in [5.41, 5.74) is 0.625. The van der Waals surface area contributed by atoms with Gasteiger partial charge in [0.25, 0.3) is 0 Å². The zero-order valence-electron chi connectivity index (χ0n) is 16.0. The van der Waals surface area contributed by atoms with Gasteiger partial charge in [-0.05, 0) is 40.2 Å². The van der Waals surface area contributed by atoms with Gasteiger partial charge in [-0.25, -0.2) is 9.97 Å². The van der Waals surface area contributed by atoms with Crippen LogP contribution in [0, 0.1) is 0 Å². The Balaban J connectivity index is 2.06. The zero-order chi connectivity index (χ0) is 21.9. The maximum Gasteiger partial charge on any atom is 0.416 e. The number of nitrogens with one attached hydrogen (secondary N) is 1. The summed E-state index contributed by atoms with van der Waals surface area (Å²) in [5.74, 6) is 0.360. The van der Waals surface area contributed by atoms with Gasteiger partial charge in [-0.1, -0.05) is 18.2 Å². The number of aromatic nitrogens is 3. The number of halogens is 4. The van der Waals surface area contributed by atoms with Crippen molar-refractivity contribution in [2.75, 3.05) is 26.0 Å². The van der Waals surface area contributed by atoms with E-state index in [9.17, 15) is 18.0 Å². The van der Waals surface area contributed by atoms with Gasteiger partial charge in [-0.3, -0.25) is 9.78 Å². The van der Waals surface area contributed by atoms with E-state index in [4.69, 9.17) is 0 Å². The third-order valence-electron chi connectivity index (χ3n) is 4.14. The minimum absolute atomic E-state index is 0.0171. The second-order valence-corrected chi connectivity index (χ2v) is 7.28. The SMILES string of the molecule is CN(C)C(=O)CNc1nc(-c2ccc(C(F)(F)F)cc2)nc(-c2ccccn2)c1Br. The quantitative estimate of drug-likeness (QED) is 0.583. The van der Waals surface area contributed by atoms with Crippen LogP contribution in [-0.4, -0.2) is 46.4 Å². The third-order valence-corrected chi connectivity index (χ3v) is 4.89. The molecule has 1 amide bonds. The lowest BCUT2D eigenvalue weighted by molar-refractivity contribution is -0.137. The lowest BCUT2D eigenvalue weighted by atomic mass is 10.1. The van der Waals surface area contributed by atoms with Crippen molar-refractivity contribution in [2.24, 2.45) is 0 Å². The molecule has 0 bridgehead atoms. The lowest BCUT2D eigenvalue weighted by Crippen LogP contribution is -2.29. The molecule has 2 aromatic heterocycles. The van der Waals surface area contributed by atoms with E-state index in [-0.39, 0.29) is 18.3 Å². The van der Waals surface area contributed by atoms with Crippen molar-refractivity contribution in [1.29, 1.82) is 0 Å². The highest BCUT2D eigenvalue weighted by Crippen LogP contribution is 2.34. The Labute approximate surface area is 179 Å². The Hall–Kier alpha value is -3.01. The highest BCUT2D eigenvalue weighted by atomic mass is 79.9. The molecule has 2 heterocycles. The van der Waals surface area contributed by atoms with Crippen molar-refractivity contribution in [2.45, 2.75) is 6.18 Å². The molecule has 0 fully saturated rings. The van der Waals surface area contributed by atoms with E-state index in [1.165, 1.54) is 17.0 Å². The van der Waals surface area contributed by atoms with Gasteiger partial charge >= 0.3 is 6.18 Å². The van der Waals surface area contributed by atoms with Gasteiger partial charge in [0.05, 0.1) is 22.3 Å². The van der Waals surface area contributed by atoms with E-state index >= 15 is 0 Å². The molecule has 0 spiro atoms. The number of hydrogen-bond donors (Lipinski definition) is 1. The van der Waals surface area contributed by atoms with Crippen LogP contribution in [0.3, 0.4) is 0 Å². The van der Waals surface area contributed by atoms with Gasteiger partial charge in [0, 0.05) is 25.9 Å². The monoisotopic (exact) mass is 479 g/mol. The topological polar surface area (TPSA) is 71.0 Å². The van der Waals surface area contributed by atoms with Crippen LogP contribution < -0.4 is 5.32 Å². The van der Waals surface area contributed by atoms with Crippen molar-refractivity contribution in [1.82, 2.24) is 19.9 Å². The third kappa shape index (κ3) is 4.93. The van der Waals surface area contributed by atoms with Crippen molar-refractivity contribution < 1.29 is 18.0 Å². The molecule has 156 valence electrons. The predicted molar refractivity (Wildman–Crippen MR) is 111 cm³/mol. The molecule has 0 atom stereocenters. The van der Waals surface area contributed by atoms with E-state index in [1.54, 1.807) is 38.5 Å². The number of carbonyl (C=O) groups excluding carboxylic acids is 1. The van der Waals surface area contributed by atoms with E-state index in [2.05, 4.69) is 36.2 Å². The molecular formula is C20H17BrF3N5O. The number of likely N-dealkylation sites (N-methyl/N-ethyl adjacent to an activating group) is 1. The number of rotatable bonds is 5. The number of alkyl halides is 3. The van der Waals surface area contributed by atoms with Crippen LogP contribution in [0.5, 0.6) is 0 Å². The summed E-state index contributed by atoms with van der Waals surface area (Å²) in [6.07, 6.45) is -2.83. The summed E-state index contributed by atoms with van der Waals surface area (Å²) in [6, 6.07) is 9.86. The van der Waals surface area contributed by atoms with Gasteiger partial charge in [0.1, 0.15) is 11.5 Å². The standard InChI is InChI=1S/C20H17BrF3N5O/c1-29(2)15(30)11-26-19-16(21)17(14-5-3-4-10-25-14)27-18(28-19)12-6-8-13(9-7-12)20(22,23)24/h3-10H,11H2,1-2H3,(H,26,27,28). The molecule has 0 aliphatic rings. The Morgan fingerprint density at radius 2 is 1.80 bits per heavy atom. The molecule has 0 aliphatic carbocycles. The minimum atomic E-state index is -4.43.